The van der Waals surface area contributed by atoms with E-state index in [9.17, 15) is 8.42 Å². The first-order chi connectivity index (χ1) is 10.9. The maximum absolute atomic E-state index is 12.8. The molecule has 5 N–H and O–H groups in total. The van der Waals surface area contributed by atoms with Crippen LogP contribution in [-0.4, -0.2) is 55.3 Å². The summed E-state index contributed by atoms with van der Waals surface area (Å²) < 4.78 is 33.0. The number of hydrogen-bond donors (Lipinski definition) is 4. The molecule has 0 bridgehead atoms. The lowest BCUT2D eigenvalue weighted by Gasteiger charge is -2.33. The Hall–Kier alpha value is -2.17. The van der Waals surface area contributed by atoms with E-state index in [0.717, 1.165) is 9.87 Å². The molecule has 1 heterocycles. The molecule has 0 atom stereocenters. The molecular formula is C13H20N6O3S. The van der Waals surface area contributed by atoms with E-state index in [1.807, 2.05) is 6.07 Å². The highest BCUT2D eigenvalue weighted by molar-refractivity contribution is 7.87. The van der Waals surface area contributed by atoms with Gasteiger partial charge in [-0.15, -0.1) is 0 Å². The summed E-state index contributed by atoms with van der Waals surface area (Å²) in [5.74, 6) is -0.960. The van der Waals surface area contributed by atoms with Crippen molar-refractivity contribution in [3.63, 3.8) is 0 Å². The van der Waals surface area contributed by atoms with Crippen LogP contribution in [-0.2, 0) is 21.5 Å². The second-order valence-electron chi connectivity index (χ2n) is 4.90. The molecule has 0 aromatic heterocycles. The summed E-state index contributed by atoms with van der Waals surface area (Å²) in [6.07, 6.45) is 0. The highest BCUT2D eigenvalue weighted by atomic mass is 32.2. The Bertz CT molecular complexity index is 658. The van der Waals surface area contributed by atoms with Crippen molar-refractivity contribution in [2.45, 2.75) is 6.54 Å². The number of nitrogens with zero attached hydrogens (tertiary/aromatic N) is 2. The van der Waals surface area contributed by atoms with Crippen molar-refractivity contribution in [2.75, 3.05) is 26.3 Å². The number of ether oxygens (including phenoxy) is 1. The molecule has 126 valence electrons. The molecule has 0 unspecified atom stereocenters. The van der Waals surface area contributed by atoms with Crippen molar-refractivity contribution in [1.29, 1.82) is 10.8 Å². The molecule has 10 heteroatoms. The number of rotatable bonds is 4. The van der Waals surface area contributed by atoms with Crippen LogP contribution in [0, 0.1) is 10.8 Å². The smallest absolute Gasteiger partial charge is 0.306 e. The molecule has 2 rings (SSSR count). The Morgan fingerprint density at radius 1 is 1.26 bits per heavy atom. The summed E-state index contributed by atoms with van der Waals surface area (Å²) in [6, 6.07) is 8.93. The fourth-order valence-corrected chi connectivity index (χ4v) is 3.61. The lowest BCUT2D eigenvalue weighted by molar-refractivity contribution is 0.0711. The van der Waals surface area contributed by atoms with Crippen LogP contribution in [0.15, 0.2) is 30.3 Å². The molecular weight excluding hydrogens is 320 g/mol. The molecule has 9 nitrogen and oxygen atoms in total. The summed E-state index contributed by atoms with van der Waals surface area (Å²) in [6.45, 7) is 1.04. The summed E-state index contributed by atoms with van der Waals surface area (Å²) in [5.41, 5.74) is 5.94. The minimum atomic E-state index is -3.92. The van der Waals surface area contributed by atoms with E-state index >= 15 is 0 Å². The molecule has 0 saturated carbocycles. The Labute approximate surface area is 135 Å². The quantitative estimate of drug-likeness (QED) is 0.432. The predicted octanol–water partition coefficient (Wildman–Crippen LogP) is -0.517. The molecule has 1 saturated heterocycles. The van der Waals surface area contributed by atoms with E-state index < -0.39 is 22.1 Å². The minimum Gasteiger partial charge on any atom is -0.379 e. The van der Waals surface area contributed by atoms with Crippen molar-refractivity contribution in [3.8, 4) is 0 Å². The number of hydrogen-bond acceptors (Lipinski definition) is 5. The third kappa shape index (κ3) is 4.41. The number of nitrogens with one attached hydrogen (secondary N) is 3. The van der Waals surface area contributed by atoms with Gasteiger partial charge in [0.25, 0.3) is 0 Å². The molecule has 0 spiro atoms. The molecule has 0 aliphatic carbocycles. The van der Waals surface area contributed by atoms with Gasteiger partial charge in [-0.1, -0.05) is 30.3 Å². The second-order valence-corrected chi connectivity index (χ2v) is 6.75. The minimum absolute atomic E-state index is 0.0281. The van der Waals surface area contributed by atoms with Crippen LogP contribution in [0.3, 0.4) is 0 Å². The van der Waals surface area contributed by atoms with E-state index in [4.69, 9.17) is 21.3 Å². The zero-order chi connectivity index (χ0) is 16.9. The Morgan fingerprint density at radius 3 is 2.43 bits per heavy atom. The Morgan fingerprint density at radius 2 is 1.87 bits per heavy atom. The van der Waals surface area contributed by atoms with Gasteiger partial charge in [-0.25, -0.2) is 4.31 Å². The number of guanidine groups is 2. The zero-order valence-corrected chi connectivity index (χ0v) is 13.3. The number of nitrogens with two attached hydrogens (primary N) is 1. The third-order valence-corrected chi connectivity index (χ3v) is 5.13. The topological polar surface area (TPSA) is 136 Å². The van der Waals surface area contributed by atoms with E-state index in [-0.39, 0.29) is 19.6 Å². The van der Waals surface area contributed by atoms with Crippen LogP contribution in [0.25, 0.3) is 0 Å². The van der Waals surface area contributed by atoms with Gasteiger partial charge in [0.1, 0.15) is 0 Å². The van der Waals surface area contributed by atoms with Crippen LogP contribution in [0.4, 0.5) is 0 Å². The van der Waals surface area contributed by atoms with Crippen molar-refractivity contribution in [2.24, 2.45) is 5.73 Å². The fraction of sp³-hybridized carbons (Fsp3) is 0.385. The van der Waals surface area contributed by atoms with E-state index in [0.29, 0.717) is 13.2 Å². The predicted molar refractivity (Wildman–Crippen MR) is 86.1 cm³/mol. The van der Waals surface area contributed by atoms with Crippen molar-refractivity contribution in [1.82, 2.24) is 13.9 Å². The molecule has 1 aliphatic heterocycles. The third-order valence-electron chi connectivity index (χ3n) is 3.25. The molecule has 0 amide bonds. The molecule has 1 aliphatic rings. The largest absolute Gasteiger partial charge is 0.379 e. The van der Waals surface area contributed by atoms with E-state index in [1.165, 1.54) is 4.31 Å². The average Bonchev–Trinajstić information content (AvgIpc) is 2.53. The fourth-order valence-electron chi connectivity index (χ4n) is 2.13. The van der Waals surface area contributed by atoms with Crippen molar-refractivity contribution in [3.05, 3.63) is 35.9 Å². The summed E-state index contributed by atoms with van der Waals surface area (Å²) in [7, 11) is -3.92. The highest BCUT2D eigenvalue weighted by Gasteiger charge is 2.33. The molecule has 23 heavy (non-hydrogen) atoms. The Balaban J connectivity index is 2.27. The SMILES string of the molecule is N=C(N)NC(=N)N(Cc1ccccc1)S(=O)(=O)N1CCOCC1. The van der Waals surface area contributed by atoms with Gasteiger partial charge in [0.05, 0.1) is 19.8 Å². The van der Waals surface area contributed by atoms with Gasteiger partial charge in [-0.2, -0.15) is 12.7 Å². The summed E-state index contributed by atoms with van der Waals surface area (Å²) in [4.78, 5) is 0. The van der Waals surface area contributed by atoms with Gasteiger partial charge < -0.3 is 10.5 Å². The van der Waals surface area contributed by atoms with Crippen LogP contribution in [0.5, 0.6) is 0 Å². The molecule has 0 radical (unpaired) electrons. The Kier molecular flexibility index (Phi) is 5.53. The van der Waals surface area contributed by atoms with Crippen LogP contribution < -0.4 is 11.1 Å². The normalized spacial score (nSPS) is 15.8. The van der Waals surface area contributed by atoms with Crippen molar-refractivity contribution >= 4 is 22.1 Å². The standard InChI is InChI=1S/C13H20N6O3S/c14-12(15)17-13(16)19(10-11-4-2-1-3-5-11)23(20,21)18-6-8-22-9-7-18/h1-5H,6-10H2,(H5,14,15,16,17). The monoisotopic (exact) mass is 340 g/mol. The second kappa shape index (κ2) is 7.40. The van der Waals surface area contributed by atoms with E-state index in [2.05, 4.69) is 5.32 Å². The summed E-state index contributed by atoms with van der Waals surface area (Å²) in [5, 5.41) is 17.4. The van der Waals surface area contributed by atoms with Crippen LogP contribution in [0.2, 0.25) is 0 Å². The number of benzene rings is 1. The highest BCUT2D eigenvalue weighted by Crippen LogP contribution is 2.15. The van der Waals surface area contributed by atoms with Crippen LogP contribution >= 0.6 is 0 Å². The summed E-state index contributed by atoms with van der Waals surface area (Å²) >= 11 is 0. The molecule has 1 fully saturated rings. The van der Waals surface area contributed by atoms with Gasteiger partial charge in [0.2, 0.25) is 5.96 Å². The molecule has 1 aromatic carbocycles. The van der Waals surface area contributed by atoms with Gasteiger partial charge in [-0.3, -0.25) is 16.1 Å². The van der Waals surface area contributed by atoms with Gasteiger partial charge in [0.15, 0.2) is 5.96 Å². The first-order valence-corrected chi connectivity index (χ1v) is 8.40. The van der Waals surface area contributed by atoms with E-state index in [1.54, 1.807) is 24.3 Å². The number of morpholine rings is 1. The maximum Gasteiger partial charge on any atom is 0.306 e. The first kappa shape index (κ1) is 17.2. The lowest BCUT2D eigenvalue weighted by Crippen LogP contribution is -2.54. The first-order valence-electron chi connectivity index (χ1n) is 7.00. The van der Waals surface area contributed by atoms with Gasteiger partial charge in [-0.05, 0) is 5.56 Å². The van der Waals surface area contributed by atoms with Gasteiger partial charge >= 0.3 is 10.2 Å². The molecule has 1 aromatic rings. The van der Waals surface area contributed by atoms with Gasteiger partial charge in [0, 0.05) is 13.1 Å². The zero-order valence-electron chi connectivity index (χ0n) is 12.5. The maximum atomic E-state index is 12.8. The lowest BCUT2D eigenvalue weighted by atomic mass is 10.2. The average molecular weight is 340 g/mol. The van der Waals surface area contributed by atoms with Crippen LogP contribution in [0.1, 0.15) is 5.56 Å². The van der Waals surface area contributed by atoms with Crippen molar-refractivity contribution < 1.29 is 13.2 Å².